The first-order valence-electron chi connectivity index (χ1n) is 8.30. The van der Waals surface area contributed by atoms with Crippen molar-refractivity contribution in [2.45, 2.75) is 12.8 Å². The number of aromatic nitrogens is 3. The maximum absolute atomic E-state index is 5.17. The van der Waals surface area contributed by atoms with Gasteiger partial charge < -0.3 is 15.0 Å². The Hall–Kier alpha value is -3.15. The predicted octanol–water partition coefficient (Wildman–Crippen LogP) is 3.71. The van der Waals surface area contributed by atoms with E-state index in [1.807, 2.05) is 24.3 Å². The summed E-state index contributed by atoms with van der Waals surface area (Å²) in [4.78, 5) is 6.84. The van der Waals surface area contributed by atoms with E-state index < -0.39 is 0 Å². The van der Waals surface area contributed by atoms with Crippen molar-refractivity contribution in [2.75, 3.05) is 23.9 Å². The smallest absolute Gasteiger partial charge is 0.249 e. The molecule has 0 bridgehead atoms. The van der Waals surface area contributed by atoms with Gasteiger partial charge in [0.2, 0.25) is 5.95 Å². The molecule has 6 heteroatoms. The highest BCUT2D eigenvalue weighted by molar-refractivity contribution is 5.66. The lowest BCUT2D eigenvalue weighted by atomic mass is 10.0. The van der Waals surface area contributed by atoms with E-state index in [2.05, 4.69) is 49.7 Å². The van der Waals surface area contributed by atoms with Crippen LogP contribution in [0, 0.1) is 0 Å². The number of hydrogen-bond donors (Lipinski definition) is 1. The molecule has 1 aromatic heterocycles. The van der Waals surface area contributed by atoms with Crippen LogP contribution in [0.4, 0.5) is 23.1 Å². The van der Waals surface area contributed by atoms with Gasteiger partial charge in [-0.15, -0.1) is 5.10 Å². The van der Waals surface area contributed by atoms with Crippen LogP contribution in [0.2, 0.25) is 0 Å². The molecule has 1 aliphatic rings. The normalized spacial score (nSPS) is 13.2. The number of fused-ring (bicyclic) bond motifs is 1. The third-order valence-electron chi connectivity index (χ3n) is 4.28. The first-order valence-corrected chi connectivity index (χ1v) is 8.30. The minimum atomic E-state index is 0.478. The monoisotopic (exact) mass is 333 g/mol. The second kappa shape index (κ2) is 6.76. The van der Waals surface area contributed by atoms with Gasteiger partial charge in [0, 0.05) is 17.9 Å². The van der Waals surface area contributed by atoms with E-state index in [1.54, 1.807) is 13.3 Å². The van der Waals surface area contributed by atoms with E-state index in [-0.39, 0.29) is 0 Å². The molecule has 4 rings (SSSR count). The Kier molecular flexibility index (Phi) is 4.16. The summed E-state index contributed by atoms with van der Waals surface area (Å²) in [7, 11) is 1.65. The Balaban J connectivity index is 1.59. The number of nitrogens with zero attached hydrogens (tertiary/aromatic N) is 4. The average molecular weight is 333 g/mol. The van der Waals surface area contributed by atoms with E-state index in [9.17, 15) is 0 Å². The van der Waals surface area contributed by atoms with E-state index in [4.69, 9.17) is 4.74 Å². The summed E-state index contributed by atoms with van der Waals surface area (Å²) in [5, 5.41) is 11.4. The van der Waals surface area contributed by atoms with E-state index >= 15 is 0 Å². The number of aryl methyl sites for hydroxylation is 1. The number of methoxy groups -OCH3 is 1. The molecule has 126 valence electrons. The third-order valence-corrected chi connectivity index (χ3v) is 4.28. The molecule has 6 nitrogen and oxygen atoms in total. The molecule has 0 unspecified atom stereocenters. The van der Waals surface area contributed by atoms with E-state index in [0.29, 0.717) is 5.95 Å². The minimum Gasteiger partial charge on any atom is -0.497 e. The van der Waals surface area contributed by atoms with Gasteiger partial charge in [-0.3, -0.25) is 0 Å². The fourth-order valence-electron chi connectivity index (χ4n) is 3.05. The molecule has 25 heavy (non-hydrogen) atoms. The van der Waals surface area contributed by atoms with Crippen LogP contribution in [0.3, 0.4) is 0 Å². The summed E-state index contributed by atoms with van der Waals surface area (Å²) < 4.78 is 5.17. The van der Waals surface area contributed by atoms with Gasteiger partial charge in [0.15, 0.2) is 5.82 Å². The Labute approximate surface area is 146 Å². The van der Waals surface area contributed by atoms with Crippen LogP contribution >= 0.6 is 0 Å². The van der Waals surface area contributed by atoms with E-state index in [1.165, 1.54) is 11.3 Å². The number of hydrogen-bond acceptors (Lipinski definition) is 6. The molecule has 0 amide bonds. The maximum atomic E-state index is 5.17. The fraction of sp³-hybridized carbons (Fsp3) is 0.211. The van der Waals surface area contributed by atoms with Gasteiger partial charge in [0.05, 0.1) is 13.3 Å². The van der Waals surface area contributed by atoms with Crippen molar-refractivity contribution < 1.29 is 4.74 Å². The zero-order valence-electron chi connectivity index (χ0n) is 14.0. The van der Waals surface area contributed by atoms with Crippen LogP contribution in [0.5, 0.6) is 5.75 Å². The van der Waals surface area contributed by atoms with Gasteiger partial charge in [-0.25, -0.2) is 0 Å². The summed E-state index contributed by atoms with van der Waals surface area (Å²) in [6.07, 6.45) is 3.91. The molecule has 0 fully saturated rings. The van der Waals surface area contributed by atoms with Crippen molar-refractivity contribution >= 4 is 23.1 Å². The topological polar surface area (TPSA) is 63.2 Å². The second-order valence-corrected chi connectivity index (χ2v) is 5.88. The number of rotatable bonds is 4. The Morgan fingerprint density at radius 1 is 1.08 bits per heavy atom. The molecule has 0 aliphatic carbocycles. The Bertz CT molecular complexity index is 866. The summed E-state index contributed by atoms with van der Waals surface area (Å²) in [6, 6.07) is 16.1. The number of benzene rings is 2. The zero-order valence-corrected chi connectivity index (χ0v) is 14.0. The van der Waals surface area contributed by atoms with Crippen molar-refractivity contribution in [2.24, 2.45) is 0 Å². The summed E-state index contributed by atoms with van der Waals surface area (Å²) in [5.41, 5.74) is 3.43. The molecular weight excluding hydrogens is 314 g/mol. The van der Waals surface area contributed by atoms with Gasteiger partial charge >= 0.3 is 0 Å². The first-order chi connectivity index (χ1) is 12.3. The van der Waals surface area contributed by atoms with Crippen LogP contribution in [0.15, 0.2) is 54.7 Å². The summed E-state index contributed by atoms with van der Waals surface area (Å²) >= 11 is 0. The summed E-state index contributed by atoms with van der Waals surface area (Å²) in [5.74, 6) is 2.09. The lowest BCUT2D eigenvalue weighted by molar-refractivity contribution is 0.415. The molecule has 1 aliphatic heterocycles. The molecule has 1 N–H and O–H groups in total. The molecule has 0 radical (unpaired) electrons. The SMILES string of the molecule is COc1ccc(Nc2nncc(N3CCCc4ccccc43)n2)cc1. The molecule has 2 heterocycles. The largest absolute Gasteiger partial charge is 0.497 e. The molecule has 2 aromatic carbocycles. The first kappa shape index (κ1) is 15.4. The number of ether oxygens (including phenoxy) is 1. The van der Waals surface area contributed by atoms with Gasteiger partial charge in [0.25, 0.3) is 0 Å². The van der Waals surface area contributed by atoms with Crippen LogP contribution in [-0.4, -0.2) is 28.8 Å². The van der Waals surface area contributed by atoms with Crippen molar-refractivity contribution in [3.63, 3.8) is 0 Å². The quantitative estimate of drug-likeness (QED) is 0.785. The molecule has 0 spiro atoms. The highest BCUT2D eigenvalue weighted by atomic mass is 16.5. The fourth-order valence-corrected chi connectivity index (χ4v) is 3.05. The van der Waals surface area contributed by atoms with Crippen LogP contribution in [-0.2, 0) is 6.42 Å². The predicted molar refractivity (Wildman–Crippen MR) is 97.9 cm³/mol. The van der Waals surface area contributed by atoms with Crippen molar-refractivity contribution in [3.05, 3.63) is 60.3 Å². The van der Waals surface area contributed by atoms with Crippen LogP contribution < -0.4 is 15.0 Å². The minimum absolute atomic E-state index is 0.478. The van der Waals surface area contributed by atoms with E-state index in [0.717, 1.165) is 36.6 Å². The third kappa shape index (κ3) is 3.24. The lowest BCUT2D eigenvalue weighted by Crippen LogP contribution is -2.25. The Morgan fingerprint density at radius 3 is 2.76 bits per heavy atom. The Morgan fingerprint density at radius 2 is 1.92 bits per heavy atom. The number of anilines is 4. The van der Waals surface area contributed by atoms with Crippen molar-refractivity contribution in [3.8, 4) is 5.75 Å². The maximum Gasteiger partial charge on any atom is 0.249 e. The molecular formula is C19H19N5O. The molecule has 0 atom stereocenters. The van der Waals surface area contributed by atoms with Crippen molar-refractivity contribution in [1.29, 1.82) is 0 Å². The van der Waals surface area contributed by atoms with Crippen LogP contribution in [0.25, 0.3) is 0 Å². The second-order valence-electron chi connectivity index (χ2n) is 5.88. The number of para-hydroxylation sites is 1. The molecule has 3 aromatic rings. The summed E-state index contributed by atoms with van der Waals surface area (Å²) in [6.45, 7) is 0.928. The highest BCUT2D eigenvalue weighted by Crippen LogP contribution is 2.32. The highest BCUT2D eigenvalue weighted by Gasteiger charge is 2.19. The zero-order chi connectivity index (χ0) is 17.1. The van der Waals surface area contributed by atoms with Gasteiger partial charge in [-0.05, 0) is 48.7 Å². The molecule has 0 saturated carbocycles. The lowest BCUT2D eigenvalue weighted by Gasteiger charge is -2.30. The number of nitrogens with one attached hydrogen (secondary N) is 1. The average Bonchev–Trinajstić information content (AvgIpc) is 2.68. The van der Waals surface area contributed by atoms with Gasteiger partial charge in [0.1, 0.15) is 5.75 Å². The van der Waals surface area contributed by atoms with Crippen molar-refractivity contribution in [1.82, 2.24) is 15.2 Å². The standard InChI is InChI=1S/C19H19N5O/c1-25-16-10-8-15(9-11-16)21-19-22-18(13-20-23-19)24-12-4-6-14-5-2-3-7-17(14)24/h2-3,5,7-11,13H,4,6,12H2,1H3,(H,21,22,23). The van der Waals surface area contributed by atoms with Gasteiger partial charge in [-0.1, -0.05) is 18.2 Å². The molecule has 0 saturated heterocycles. The van der Waals surface area contributed by atoms with Gasteiger partial charge in [-0.2, -0.15) is 10.1 Å². The van der Waals surface area contributed by atoms with Crippen LogP contribution in [0.1, 0.15) is 12.0 Å².